The van der Waals surface area contributed by atoms with E-state index in [-0.39, 0.29) is 32.1 Å². The van der Waals surface area contributed by atoms with E-state index in [2.05, 4.69) is 13.8 Å². The summed E-state index contributed by atoms with van der Waals surface area (Å²) in [5.74, 6) is 0. The Balaban J connectivity index is 0. The summed E-state index contributed by atoms with van der Waals surface area (Å²) in [6.07, 6.45) is 24.5. The molecule has 6 heteroatoms. The molecule has 0 aliphatic rings. The molecule has 0 atom stereocenters. The van der Waals surface area contributed by atoms with Gasteiger partial charge in [-0.2, -0.15) is 0 Å². The smallest absolute Gasteiger partial charge is 0.756 e. The minimum Gasteiger partial charge on any atom is -0.756 e. The monoisotopic (exact) mass is 440 g/mol. The average molecular weight is 441 g/mol. The molecule has 0 aliphatic carbocycles. The quantitative estimate of drug-likeness (QED) is 0.116. The third kappa shape index (κ3) is 26.7. The first kappa shape index (κ1) is 32.9. The Kier molecular flexibility index (Phi) is 28.5. The first-order valence-electron chi connectivity index (χ1n) is 12.7. The maximum absolute atomic E-state index is 11.7. The van der Waals surface area contributed by atoms with Gasteiger partial charge in [0.05, 0.1) is 13.2 Å². The van der Waals surface area contributed by atoms with Crippen molar-refractivity contribution in [1.82, 2.24) is 0 Å². The SMILES string of the molecule is CCCCCCCCCCCCOP(=O)([O-])OCCCCCCCCCCCC.[Li+]. The van der Waals surface area contributed by atoms with Gasteiger partial charge in [0.15, 0.2) is 0 Å². The van der Waals surface area contributed by atoms with Crippen LogP contribution < -0.4 is 23.8 Å². The van der Waals surface area contributed by atoms with E-state index in [0.717, 1.165) is 25.7 Å². The van der Waals surface area contributed by atoms with Crippen molar-refractivity contribution in [2.45, 2.75) is 142 Å². The van der Waals surface area contributed by atoms with Gasteiger partial charge in [0.2, 0.25) is 0 Å². The molecule has 0 unspecified atom stereocenters. The minimum absolute atomic E-state index is 0. The number of rotatable bonds is 24. The predicted molar refractivity (Wildman–Crippen MR) is 123 cm³/mol. The zero-order chi connectivity index (χ0) is 21.5. The molecule has 0 bridgehead atoms. The van der Waals surface area contributed by atoms with E-state index in [1.54, 1.807) is 0 Å². The molecule has 0 saturated heterocycles. The van der Waals surface area contributed by atoms with Crippen molar-refractivity contribution in [2.75, 3.05) is 13.2 Å². The molecule has 0 aromatic carbocycles. The molecule has 0 aliphatic heterocycles. The van der Waals surface area contributed by atoms with Crippen molar-refractivity contribution in [3.05, 3.63) is 0 Å². The zero-order valence-corrected chi connectivity index (χ0v) is 21.5. The molecule has 0 radical (unpaired) electrons. The molecule has 0 spiro atoms. The summed E-state index contributed by atoms with van der Waals surface area (Å²) in [6, 6.07) is 0. The molecule has 0 fully saturated rings. The number of phosphoric acid groups is 1. The molecular formula is C24H50LiO4P. The summed E-state index contributed by atoms with van der Waals surface area (Å²) in [7, 11) is -4.10. The summed E-state index contributed by atoms with van der Waals surface area (Å²) in [6.45, 7) is 5.00. The molecule has 30 heavy (non-hydrogen) atoms. The molecule has 0 aromatic rings. The number of hydrogen-bond acceptors (Lipinski definition) is 4. The Bertz CT molecular complexity index is 339. The Morgan fingerprint density at radius 1 is 0.500 bits per heavy atom. The number of unbranched alkanes of at least 4 members (excludes halogenated alkanes) is 18. The van der Waals surface area contributed by atoms with Crippen molar-refractivity contribution < 1.29 is 37.4 Å². The van der Waals surface area contributed by atoms with Crippen LogP contribution in [0.15, 0.2) is 0 Å². The van der Waals surface area contributed by atoms with Gasteiger partial charge in [-0.05, 0) is 12.8 Å². The Hall–Kier alpha value is 0.707. The summed E-state index contributed by atoms with van der Waals surface area (Å²) >= 11 is 0. The summed E-state index contributed by atoms with van der Waals surface area (Å²) in [5, 5.41) is 0. The van der Waals surface area contributed by atoms with Crippen LogP contribution in [0.2, 0.25) is 0 Å². The molecule has 0 rings (SSSR count). The second-order valence-electron chi connectivity index (χ2n) is 8.48. The molecule has 176 valence electrons. The fraction of sp³-hybridized carbons (Fsp3) is 1.00. The minimum atomic E-state index is -4.10. The van der Waals surface area contributed by atoms with Gasteiger partial charge in [-0.25, -0.2) is 0 Å². The van der Waals surface area contributed by atoms with E-state index < -0.39 is 7.82 Å². The van der Waals surface area contributed by atoms with Gasteiger partial charge in [0, 0.05) is 0 Å². The van der Waals surface area contributed by atoms with Crippen molar-refractivity contribution in [3.63, 3.8) is 0 Å². The standard InChI is InChI=1S/C24H51O4P.Li/c1-3-5-7-9-11-13-15-17-19-21-23-27-29(25,26)28-24-22-20-18-16-14-12-10-8-6-4-2;/h3-24H2,1-2H3,(H,25,26);/q;+1/p-1. The zero-order valence-electron chi connectivity index (χ0n) is 20.6. The van der Waals surface area contributed by atoms with Crippen LogP contribution in [0.1, 0.15) is 142 Å². The van der Waals surface area contributed by atoms with Gasteiger partial charge < -0.3 is 13.9 Å². The normalized spacial score (nSPS) is 11.6. The third-order valence-electron chi connectivity index (χ3n) is 5.49. The number of hydrogen-bond donors (Lipinski definition) is 0. The van der Waals surface area contributed by atoms with E-state index >= 15 is 0 Å². The Morgan fingerprint density at radius 2 is 0.733 bits per heavy atom. The summed E-state index contributed by atoms with van der Waals surface area (Å²) in [4.78, 5) is 11.7. The van der Waals surface area contributed by atoms with Gasteiger partial charge >= 0.3 is 18.9 Å². The molecule has 4 nitrogen and oxygen atoms in total. The van der Waals surface area contributed by atoms with Gasteiger partial charge in [-0.15, -0.1) is 0 Å². The van der Waals surface area contributed by atoms with Crippen molar-refractivity contribution >= 4 is 7.82 Å². The Morgan fingerprint density at radius 3 is 1.00 bits per heavy atom. The van der Waals surface area contributed by atoms with Gasteiger partial charge in [-0.3, -0.25) is 4.57 Å². The van der Waals surface area contributed by atoms with Crippen molar-refractivity contribution in [1.29, 1.82) is 0 Å². The van der Waals surface area contributed by atoms with Crippen LogP contribution in [0, 0.1) is 0 Å². The fourth-order valence-corrected chi connectivity index (χ4v) is 4.35. The molecule has 0 amide bonds. The second-order valence-corrected chi connectivity index (χ2v) is 9.89. The van der Waals surface area contributed by atoms with E-state index in [1.165, 1.54) is 103 Å². The van der Waals surface area contributed by atoms with Crippen LogP contribution in [0.3, 0.4) is 0 Å². The molecular weight excluding hydrogens is 390 g/mol. The first-order chi connectivity index (χ1) is 14.1. The van der Waals surface area contributed by atoms with E-state index in [9.17, 15) is 9.46 Å². The van der Waals surface area contributed by atoms with Crippen LogP contribution in [0.4, 0.5) is 0 Å². The largest absolute Gasteiger partial charge is 1.00 e. The topological polar surface area (TPSA) is 58.6 Å². The van der Waals surface area contributed by atoms with E-state index in [4.69, 9.17) is 9.05 Å². The van der Waals surface area contributed by atoms with Gasteiger partial charge in [0.1, 0.15) is 0 Å². The van der Waals surface area contributed by atoms with Crippen LogP contribution in [0.5, 0.6) is 0 Å². The fourth-order valence-electron chi connectivity index (χ4n) is 3.57. The van der Waals surface area contributed by atoms with Crippen LogP contribution >= 0.6 is 7.82 Å². The van der Waals surface area contributed by atoms with Crippen LogP contribution in [0.25, 0.3) is 0 Å². The maximum Gasteiger partial charge on any atom is 1.00 e. The molecule has 0 N–H and O–H groups in total. The molecule has 0 saturated carbocycles. The second kappa shape index (κ2) is 26.0. The van der Waals surface area contributed by atoms with E-state index in [1.807, 2.05) is 0 Å². The van der Waals surface area contributed by atoms with Gasteiger partial charge in [-0.1, -0.05) is 129 Å². The third-order valence-corrected chi connectivity index (χ3v) is 6.49. The van der Waals surface area contributed by atoms with E-state index in [0.29, 0.717) is 0 Å². The number of phosphoric ester groups is 1. The van der Waals surface area contributed by atoms with Crippen molar-refractivity contribution in [3.8, 4) is 0 Å². The molecule has 0 aromatic heterocycles. The van der Waals surface area contributed by atoms with Gasteiger partial charge in [0.25, 0.3) is 7.82 Å². The van der Waals surface area contributed by atoms with Crippen LogP contribution in [-0.4, -0.2) is 13.2 Å². The summed E-state index contributed by atoms with van der Waals surface area (Å²) in [5.41, 5.74) is 0. The summed E-state index contributed by atoms with van der Waals surface area (Å²) < 4.78 is 21.7. The maximum atomic E-state index is 11.7. The Labute approximate surface area is 200 Å². The molecule has 0 heterocycles. The predicted octanol–water partition coefficient (Wildman–Crippen LogP) is 5.33. The average Bonchev–Trinajstić information content (AvgIpc) is 2.70. The first-order valence-corrected chi connectivity index (χ1v) is 14.2. The van der Waals surface area contributed by atoms with Crippen LogP contribution in [-0.2, 0) is 13.6 Å². The van der Waals surface area contributed by atoms with Crippen molar-refractivity contribution in [2.24, 2.45) is 0 Å².